The molecule has 0 aromatic rings. The number of hydroxylamine groups is 1. The Morgan fingerprint density at radius 2 is 1.76 bits per heavy atom. The number of hydrogen-bond donors (Lipinski definition) is 5. The van der Waals surface area contributed by atoms with Crippen LogP contribution in [0.1, 0.15) is 6.92 Å². The predicted molar refractivity (Wildman–Crippen MR) is 50.4 cm³/mol. The number of aliphatic hydroxyl groups is 3. The van der Waals surface area contributed by atoms with E-state index in [-0.39, 0.29) is 6.29 Å². The SMILES string of the molecule is CC(=O)NO[C@H](C=O)[C@@H](O)[C@H](O)[C@H](O)C(=O)O. The van der Waals surface area contributed by atoms with Gasteiger partial charge >= 0.3 is 5.97 Å². The first kappa shape index (κ1) is 15.4. The molecule has 9 heteroatoms. The third-order valence-corrected chi connectivity index (χ3v) is 1.74. The third kappa shape index (κ3) is 4.87. The molecule has 0 aliphatic rings. The molecule has 0 fully saturated rings. The molecule has 0 rings (SSSR count). The normalized spacial score (nSPS) is 17.6. The molecule has 98 valence electrons. The van der Waals surface area contributed by atoms with E-state index in [2.05, 4.69) is 4.84 Å². The number of nitrogens with one attached hydrogen (secondary N) is 1. The highest BCUT2D eigenvalue weighted by atomic mass is 16.7. The first-order valence-electron chi connectivity index (χ1n) is 4.45. The first-order valence-corrected chi connectivity index (χ1v) is 4.45. The molecule has 0 bridgehead atoms. The minimum atomic E-state index is -2.28. The lowest BCUT2D eigenvalue weighted by Gasteiger charge is -2.24. The van der Waals surface area contributed by atoms with Crippen molar-refractivity contribution in [2.24, 2.45) is 0 Å². The van der Waals surface area contributed by atoms with Gasteiger partial charge in [0.05, 0.1) is 0 Å². The number of rotatable bonds is 7. The summed E-state index contributed by atoms with van der Waals surface area (Å²) in [6.45, 7) is 1.07. The van der Waals surface area contributed by atoms with E-state index in [4.69, 9.17) is 10.2 Å². The van der Waals surface area contributed by atoms with Gasteiger partial charge in [-0.2, -0.15) is 0 Å². The fraction of sp³-hybridized carbons (Fsp3) is 0.625. The average molecular weight is 251 g/mol. The molecule has 0 spiro atoms. The Morgan fingerprint density at radius 3 is 2.12 bits per heavy atom. The van der Waals surface area contributed by atoms with E-state index in [9.17, 15) is 24.6 Å². The first-order chi connectivity index (χ1) is 7.81. The topological polar surface area (TPSA) is 153 Å². The van der Waals surface area contributed by atoms with Crippen molar-refractivity contribution in [3.8, 4) is 0 Å². The number of aliphatic hydroxyl groups excluding tert-OH is 3. The van der Waals surface area contributed by atoms with E-state index in [1.807, 2.05) is 0 Å². The monoisotopic (exact) mass is 251 g/mol. The van der Waals surface area contributed by atoms with Crippen LogP contribution in [0.4, 0.5) is 0 Å². The molecule has 0 saturated carbocycles. The predicted octanol–water partition coefficient (Wildman–Crippen LogP) is -3.21. The summed E-state index contributed by atoms with van der Waals surface area (Å²) in [7, 11) is 0. The van der Waals surface area contributed by atoms with Crippen LogP contribution >= 0.6 is 0 Å². The van der Waals surface area contributed by atoms with Crippen molar-refractivity contribution in [2.45, 2.75) is 31.3 Å². The molecule has 1 amide bonds. The van der Waals surface area contributed by atoms with Gasteiger partial charge in [-0.15, -0.1) is 0 Å². The summed E-state index contributed by atoms with van der Waals surface area (Å²) in [5.41, 5.74) is 1.73. The van der Waals surface area contributed by atoms with Crippen molar-refractivity contribution in [1.29, 1.82) is 0 Å². The number of carboxylic acid groups (broad SMARTS) is 1. The van der Waals surface area contributed by atoms with Gasteiger partial charge in [-0.3, -0.25) is 9.63 Å². The van der Waals surface area contributed by atoms with Crippen molar-refractivity contribution in [2.75, 3.05) is 0 Å². The maximum absolute atomic E-state index is 10.5. The number of amides is 1. The molecule has 0 radical (unpaired) electrons. The van der Waals surface area contributed by atoms with E-state index in [0.29, 0.717) is 0 Å². The van der Waals surface area contributed by atoms with E-state index in [0.717, 1.165) is 6.92 Å². The van der Waals surface area contributed by atoms with Gasteiger partial charge in [0.2, 0.25) is 5.91 Å². The lowest BCUT2D eigenvalue weighted by atomic mass is 10.0. The van der Waals surface area contributed by atoms with E-state index >= 15 is 0 Å². The van der Waals surface area contributed by atoms with Crippen molar-refractivity contribution < 1.29 is 39.6 Å². The molecule has 0 heterocycles. The van der Waals surface area contributed by atoms with Gasteiger partial charge in [-0.05, 0) is 0 Å². The van der Waals surface area contributed by atoms with Gasteiger partial charge in [0.25, 0.3) is 0 Å². The summed E-state index contributed by atoms with van der Waals surface area (Å²) in [5, 5.41) is 35.8. The Hall–Kier alpha value is -1.55. The van der Waals surface area contributed by atoms with Crippen LogP contribution in [0.2, 0.25) is 0 Å². The van der Waals surface area contributed by atoms with Gasteiger partial charge in [-0.25, -0.2) is 10.3 Å². The second-order valence-corrected chi connectivity index (χ2v) is 3.14. The molecule has 9 nitrogen and oxygen atoms in total. The molecule has 0 unspecified atom stereocenters. The van der Waals surface area contributed by atoms with Crippen LogP contribution in [0, 0.1) is 0 Å². The Kier molecular flexibility index (Phi) is 6.28. The number of carboxylic acids is 1. The maximum Gasteiger partial charge on any atom is 0.335 e. The van der Waals surface area contributed by atoms with Crippen molar-refractivity contribution >= 4 is 18.2 Å². The van der Waals surface area contributed by atoms with E-state index in [1.54, 1.807) is 5.48 Å². The van der Waals surface area contributed by atoms with Crippen LogP contribution < -0.4 is 5.48 Å². The Morgan fingerprint density at radius 1 is 1.24 bits per heavy atom. The summed E-state index contributed by atoms with van der Waals surface area (Å²) < 4.78 is 0. The standard InChI is InChI=1S/C8H13NO8/c1-3(11)9-17-4(2-10)5(12)6(13)7(14)8(15)16/h2,4-7,12-14H,1H3,(H,9,11)(H,15,16)/t4-,5-,6+,7+/m1/s1. The van der Waals surface area contributed by atoms with Crippen LogP contribution in [0.3, 0.4) is 0 Å². The zero-order valence-corrected chi connectivity index (χ0v) is 8.81. The number of carbonyl (C=O) groups excluding carboxylic acids is 2. The Labute approximate surface area is 95.6 Å². The second-order valence-electron chi connectivity index (χ2n) is 3.14. The van der Waals surface area contributed by atoms with Gasteiger partial charge in [0.1, 0.15) is 12.2 Å². The van der Waals surface area contributed by atoms with Crippen molar-refractivity contribution in [3.05, 3.63) is 0 Å². The van der Waals surface area contributed by atoms with Crippen LogP contribution in [0.15, 0.2) is 0 Å². The smallest absolute Gasteiger partial charge is 0.335 e. The minimum absolute atomic E-state index is 0.0401. The van der Waals surface area contributed by atoms with Crippen LogP contribution in [-0.4, -0.2) is 63.0 Å². The molecular formula is C8H13NO8. The lowest BCUT2D eigenvalue weighted by Crippen LogP contribution is -2.50. The highest BCUT2D eigenvalue weighted by molar-refractivity contribution is 5.73. The quantitative estimate of drug-likeness (QED) is 0.234. The molecular weight excluding hydrogens is 238 g/mol. The molecule has 0 aliphatic carbocycles. The molecule has 5 N–H and O–H groups in total. The second kappa shape index (κ2) is 6.91. The highest BCUT2D eigenvalue weighted by Gasteiger charge is 2.36. The Bertz CT molecular complexity index is 293. The van der Waals surface area contributed by atoms with E-state index in [1.165, 1.54) is 0 Å². The molecule has 4 atom stereocenters. The summed E-state index contributed by atoms with van der Waals surface area (Å²) >= 11 is 0. The largest absolute Gasteiger partial charge is 0.479 e. The summed E-state index contributed by atoms with van der Waals surface area (Å²) in [6, 6.07) is 0. The maximum atomic E-state index is 10.5. The molecule has 0 saturated heterocycles. The molecule has 0 aliphatic heterocycles. The van der Waals surface area contributed by atoms with Crippen LogP contribution in [-0.2, 0) is 19.2 Å². The number of aliphatic carboxylic acids is 1. The number of aldehydes is 1. The number of carbonyl (C=O) groups is 3. The highest BCUT2D eigenvalue weighted by Crippen LogP contribution is 2.06. The fourth-order valence-corrected chi connectivity index (χ4v) is 0.856. The van der Waals surface area contributed by atoms with Gasteiger partial charge < -0.3 is 25.2 Å². The van der Waals surface area contributed by atoms with Crippen LogP contribution in [0.5, 0.6) is 0 Å². The van der Waals surface area contributed by atoms with Crippen molar-refractivity contribution in [1.82, 2.24) is 5.48 Å². The minimum Gasteiger partial charge on any atom is -0.479 e. The summed E-state index contributed by atoms with van der Waals surface area (Å²) in [5.74, 6) is -2.45. The van der Waals surface area contributed by atoms with Gasteiger partial charge in [-0.1, -0.05) is 0 Å². The molecule has 0 aromatic carbocycles. The third-order valence-electron chi connectivity index (χ3n) is 1.74. The van der Waals surface area contributed by atoms with Crippen LogP contribution in [0.25, 0.3) is 0 Å². The van der Waals surface area contributed by atoms with Crippen molar-refractivity contribution in [3.63, 3.8) is 0 Å². The van der Waals surface area contributed by atoms with Gasteiger partial charge in [0, 0.05) is 6.92 Å². The summed E-state index contributed by atoms with van der Waals surface area (Å²) in [4.78, 5) is 35.6. The van der Waals surface area contributed by atoms with Gasteiger partial charge in [0.15, 0.2) is 18.5 Å². The number of hydrogen-bond acceptors (Lipinski definition) is 7. The average Bonchev–Trinajstić information content (AvgIpc) is 2.26. The zero-order chi connectivity index (χ0) is 13.6. The Balaban J connectivity index is 4.51. The summed E-state index contributed by atoms with van der Waals surface area (Å²) in [6.07, 6.45) is -8.10. The molecule has 17 heavy (non-hydrogen) atoms. The fourth-order valence-electron chi connectivity index (χ4n) is 0.856. The molecule has 0 aromatic heterocycles. The zero-order valence-electron chi connectivity index (χ0n) is 8.81. The lowest BCUT2D eigenvalue weighted by molar-refractivity contribution is -0.174. The van der Waals surface area contributed by atoms with E-state index < -0.39 is 36.3 Å².